The summed E-state index contributed by atoms with van der Waals surface area (Å²) < 4.78 is 1.78. The van der Waals surface area contributed by atoms with Gasteiger partial charge in [-0.05, 0) is 35.7 Å². The minimum absolute atomic E-state index is 1.06. The van der Waals surface area contributed by atoms with Crippen molar-refractivity contribution in [1.29, 1.82) is 0 Å². The van der Waals surface area contributed by atoms with Gasteiger partial charge in [-0.2, -0.15) is 5.10 Å². The number of nitrogens with zero attached hydrogens (tertiary/aromatic N) is 3. The summed E-state index contributed by atoms with van der Waals surface area (Å²) in [4.78, 5) is 3.97. The summed E-state index contributed by atoms with van der Waals surface area (Å²) in [6.07, 6.45) is 3.26. The van der Waals surface area contributed by atoms with Crippen molar-refractivity contribution in [2.24, 2.45) is 0 Å². The molecule has 0 amide bonds. The molecule has 0 atom stereocenters. The first-order valence-corrected chi connectivity index (χ1v) is 5.86. The zero-order chi connectivity index (χ0) is 12.4. The van der Waals surface area contributed by atoms with Gasteiger partial charge < -0.3 is 0 Å². The number of hydrogen-bond donors (Lipinski definition) is 0. The van der Waals surface area contributed by atoms with Gasteiger partial charge in [0.1, 0.15) is 12.7 Å². The zero-order valence-electron chi connectivity index (χ0n) is 10.1. The van der Waals surface area contributed by atoms with E-state index in [0.717, 1.165) is 5.69 Å². The van der Waals surface area contributed by atoms with E-state index in [0.29, 0.717) is 0 Å². The molecule has 0 N–H and O–H groups in total. The summed E-state index contributed by atoms with van der Waals surface area (Å²) in [5.41, 5.74) is 4.69. The summed E-state index contributed by atoms with van der Waals surface area (Å²) in [7, 11) is 0. The third kappa shape index (κ3) is 1.91. The predicted octanol–water partition coefficient (Wildman–Crippen LogP) is 3.24. The third-order valence-corrected chi connectivity index (χ3v) is 2.97. The van der Waals surface area contributed by atoms with Crippen molar-refractivity contribution >= 4 is 0 Å². The average Bonchev–Trinajstić information content (AvgIpc) is 2.93. The lowest BCUT2D eigenvalue weighted by Gasteiger charge is -2.08. The second kappa shape index (κ2) is 4.45. The highest BCUT2D eigenvalue weighted by molar-refractivity contribution is 5.66. The summed E-state index contributed by atoms with van der Waals surface area (Å²) in [6.45, 7) is 2.09. The highest BCUT2D eigenvalue weighted by atomic mass is 15.3. The van der Waals surface area contributed by atoms with Crippen LogP contribution in [-0.4, -0.2) is 14.8 Å². The fourth-order valence-corrected chi connectivity index (χ4v) is 2.06. The topological polar surface area (TPSA) is 30.7 Å². The maximum absolute atomic E-state index is 4.16. The molecular weight excluding hydrogens is 222 g/mol. The molecule has 3 aromatic rings. The highest BCUT2D eigenvalue weighted by Gasteiger charge is 2.04. The van der Waals surface area contributed by atoms with Crippen molar-refractivity contribution in [3.05, 3.63) is 66.7 Å². The van der Waals surface area contributed by atoms with Gasteiger partial charge >= 0.3 is 0 Å². The monoisotopic (exact) mass is 235 g/mol. The van der Waals surface area contributed by atoms with E-state index >= 15 is 0 Å². The quantitative estimate of drug-likeness (QED) is 0.682. The summed E-state index contributed by atoms with van der Waals surface area (Å²) in [5.74, 6) is 0. The lowest BCUT2D eigenvalue weighted by atomic mass is 10.0. The molecule has 3 rings (SSSR count). The summed E-state index contributed by atoms with van der Waals surface area (Å²) in [6, 6.07) is 16.7. The van der Waals surface area contributed by atoms with Gasteiger partial charge in [-0.3, -0.25) is 0 Å². The van der Waals surface area contributed by atoms with Gasteiger partial charge in [0.15, 0.2) is 0 Å². The van der Waals surface area contributed by atoms with E-state index in [1.807, 2.05) is 6.07 Å². The number of rotatable bonds is 2. The van der Waals surface area contributed by atoms with Crippen molar-refractivity contribution in [3.63, 3.8) is 0 Å². The third-order valence-electron chi connectivity index (χ3n) is 2.97. The Morgan fingerprint density at radius 2 is 1.78 bits per heavy atom. The molecule has 0 spiro atoms. The Hall–Kier alpha value is -2.42. The molecule has 3 nitrogen and oxygen atoms in total. The van der Waals surface area contributed by atoms with Crippen LogP contribution in [0.5, 0.6) is 0 Å². The highest BCUT2D eigenvalue weighted by Crippen LogP contribution is 2.23. The van der Waals surface area contributed by atoms with Gasteiger partial charge in [0.25, 0.3) is 0 Å². The van der Waals surface area contributed by atoms with E-state index in [-0.39, 0.29) is 0 Å². The number of benzene rings is 2. The summed E-state index contributed by atoms with van der Waals surface area (Å²) >= 11 is 0. The lowest BCUT2D eigenvalue weighted by Crippen LogP contribution is -1.97. The van der Waals surface area contributed by atoms with Crippen LogP contribution < -0.4 is 0 Å². The van der Waals surface area contributed by atoms with Crippen LogP contribution in [0.4, 0.5) is 0 Å². The Kier molecular flexibility index (Phi) is 2.65. The van der Waals surface area contributed by atoms with Crippen molar-refractivity contribution in [2.75, 3.05) is 0 Å². The van der Waals surface area contributed by atoms with E-state index < -0.39 is 0 Å². The standard InChI is InChI=1S/C15H13N3/c1-12-9-14(13-5-3-2-4-6-13)7-8-15(12)18-11-16-10-17-18/h2-11H,1H3. The van der Waals surface area contributed by atoms with Gasteiger partial charge in [0.2, 0.25) is 0 Å². The molecule has 18 heavy (non-hydrogen) atoms. The SMILES string of the molecule is Cc1cc(-c2ccccc2)ccc1-n1cncn1. The van der Waals surface area contributed by atoms with Crippen molar-refractivity contribution in [1.82, 2.24) is 14.8 Å². The van der Waals surface area contributed by atoms with Gasteiger partial charge in [-0.25, -0.2) is 9.67 Å². The molecular formula is C15H13N3. The van der Waals surface area contributed by atoms with E-state index in [1.165, 1.54) is 16.7 Å². The Morgan fingerprint density at radius 3 is 2.44 bits per heavy atom. The maximum Gasteiger partial charge on any atom is 0.138 e. The molecule has 0 aliphatic carbocycles. The molecule has 0 saturated heterocycles. The molecule has 1 heterocycles. The number of hydrogen-bond acceptors (Lipinski definition) is 2. The Morgan fingerprint density at radius 1 is 0.944 bits per heavy atom. The molecule has 0 fully saturated rings. The fraction of sp³-hybridized carbons (Fsp3) is 0.0667. The van der Waals surface area contributed by atoms with E-state index in [2.05, 4.69) is 59.5 Å². The van der Waals surface area contributed by atoms with Crippen LogP contribution in [0.15, 0.2) is 61.2 Å². The van der Waals surface area contributed by atoms with E-state index in [9.17, 15) is 0 Å². The largest absolute Gasteiger partial charge is 0.223 e. The molecule has 88 valence electrons. The van der Waals surface area contributed by atoms with Crippen LogP contribution in [0.25, 0.3) is 16.8 Å². The van der Waals surface area contributed by atoms with Crippen molar-refractivity contribution in [3.8, 4) is 16.8 Å². The molecule has 1 aromatic heterocycles. The number of aryl methyl sites for hydroxylation is 1. The molecule has 3 heteroatoms. The Bertz CT molecular complexity index is 643. The second-order valence-electron chi connectivity index (χ2n) is 4.21. The predicted molar refractivity (Wildman–Crippen MR) is 71.5 cm³/mol. The first-order chi connectivity index (χ1) is 8.84. The maximum atomic E-state index is 4.16. The van der Waals surface area contributed by atoms with Crippen LogP contribution >= 0.6 is 0 Å². The van der Waals surface area contributed by atoms with Crippen molar-refractivity contribution < 1.29 is 0 Å². The van der Waals surface area contributed by atoms with Gasteiger partial charge in [0, 0.05) is 0 Å². The smallest absolute Gasteiger partial charge is 0.138 e. The van der Waals surface area contributed by atoms with Crippen LogP contribution in [0.3, 0.4) is 0 Å². The minimum Gasteiger partial charge on any atom is -0.223 e. The van der Waals surface area contributed by atoms with E-state index in [4.69, 9.17) is 0 Å². The van der Waals surface area contributed by atoms with Crippen LogP contribution in [0, 0.1) is 6.92 Å². The Labute approximate surface area is 106 Å². The minimum atomic E-state index is 1.06. The van der Waals surface area contributed by atoms with Crippen LogP contribution in [-0.2, 0) is 0 Å². The Balaban J connectivity index is 2.05. The second-order valence-corrected chi connectivity index (χ2v) is 4.21. The molecule has 0 saturated carbocycles. The summed E-state index contributed by atoms with van der Waals surface area (Å²) in [5, 5.41) is 4.16. The molecule has 0 unspecified atom stereocenters. The molecule has 2 aromatic carbocycles. The zero-order valence-corrected chi connectivity index (χ0v) is 10.1. The lowest BCUT2D eigenvalue weighted by molar-refractivity contribution is 0.871. The molecule has 0 aliphatic heterocycles. The first kappa shape index (κ1) is 10.7. The van der Waals surface area contributed by atoms with Crippen LogP contribution in [0.2, 0.25) is 0 Å². The molecule has 0 aliphatic rings. The van der Waals surface area contributed by atoms with Gasteiger partial charge in [-0.15, -0.1) is 0 Å². The van der Waals surface area contributed by atoms with Crippen molar-refractivity contribution in [2.45, 2.75) is 6.92 Å². The fourth-order valence-electron chi connectivity index (χ4n) is 2.06. The molecule has 0 radical (unpaired) electrons. The first-order valence-electron chi connectivity index (χ1n) is 5.86. The van der Waals surface area contributed by atoms with Gasteiger partial charge in [0.05, 0.1) is 5.69 Å². The number of aromatic nitrogens is 3. The average molecular weight is 235 g/mol. The van der Waals surface area contributed by atoms with Crippen LogP contribution in [0.1, 0.15) is 5.56 Å². The van der Waals surface area contributed by atoms with Gasteiger partial charge in [-0.1, -0.05) is 36.4 Å². The normalized spacial score (nSPS) is 10.5. The van der Waals surface area contributed by atoms with E-state index in [1.54, 1.807) is 17.3 Å². The molecule has 0 bridgehead atoms.